The molecule has 0 bridgehead atoms. The number of aromatic carboxylic acids is 2. The Labute approximate surface area is 87.6 Å². The van der Waals surface area contributed by atoms with Gasteiger partial charge in [0.05, 0.1) is 11.9 Å². The molecule has 0 aromatic heterocycles. The molecule has 0 spiro atoms. The second-order valence-corrected chi connectivity index (χ2v) is 2.12. The standard InChI is InChI=1S/C8H6O4.2H3P/c9-7(10)5-3-1-2-4-6(5)8(11)12;;/h1-4H,(H,9,10)(H,11,12);2*1H3. The van der Waals surface area contributed by atoms with Gasteiger partial charge in [-0.25, -0.2) is 0 Å². The zero-order valence-electron chi connectivity index (χ0n) is 7.94. The maximum absolute atomic E-state index is 10.3. The fourth-order valence-corrected chi connectivity index (χ4v) is 0.839. The van der Waals surface area contributed by atoms with Gasteiger partial charge in [-0.1, -0.05) is 24.3 Å². The Kier molecular flexibility index (Phi) is 7.16. The Bertz CT molecular complexity index is 305. The molecule has 0 fully saturated rings. The molecule has 14 heavy (non-hydrogen) atoms. The lowest BCUT2D eigenvalue weighted by Crippen LogP contribution is -2.29. The minimum atomic E-state index is -1.52. The molecule has 1 rings (SSSR count). The average Bonchev–Trinajstić information content (AvgIpc) is 2.04. The van der Waals surface area contributed by atoms with Crippen LogP contribution in [0.25, 0.3) is 0 Å². The van der Waals surface area contributed by atoms with E-state index in [9.17, 15) is 19.8 Å². The van der Waals surface area contributed by atoms with Gasteiger partial charge in [-0.2, -0.15) is 0 Å². The molecule has 0 amide bonds. The number of carbonyl (C=O) groups excluding carboxylic acids is 2. The Morgan fingerprint density at radius 3 is 1.36 bits per heavy atom. The van der Waals surface area contributed by atoms with Crippen molar-refractivity contribution in [2.24, 2.45) is 0 Å². The molecule has 1 aromatic carbocycles. The van der Waals surface area contributed by atoms with Gasteiger partial charge in [0.2, 0.25) is 0 Å². The fourth-order valence-electron chi connectivity index (χ4n) is 0.839. The Morgan fingerprint density at radius 1 is 0.857 bits per heavy atom. The van der Waals surface area contributed by atoms with Gasteiger partial charge in [0.1, 0.15) is 0 Å². The average molecular weight is 234 g/mol. The number of carbonyl (C=O) groups is 2. The van der Waals surface area contributed by atoms with Crippen molar-refractivity contribution in [1.82, 2.24) is 0 Å². The summed E-state index contributed by atoms with van der Waals surface area (Å²) >= 11 is 0. The van der Waals surface area contributed by atoms with E-state index in [-0.39, 0.29) is 30.9 Å². The van der Waals surface area contributed by atoms with E-state index in [1.165, 1.54) is 12.1 Å². The van der Waals surface area contributed by atoms with Crippen LogP contribution in [0, 0.1) is 0 Å². The molecule has 0 aliphatic carbocycles. The number of hydrogen-bond acceptors (Lipinski definition) is 4. The summed E-state index contributed by atoms with van der Waals surface area (Å²) in [5.41, 5.74) is -0.727. The monoisotopic (exact) mass is 234 g/mol. The summed E-state index contributed by atoms with van der Waals surface area (Å²) in [5, 5.41) is 20.6. The number of carboxylic acid groups (broad SMARTS) is 2. The second-order valence-electron chi connectivity index (χ2n) is 2.12. The van der Waals surface area contributed by atoms with Crippen LogP contribution < -0.4 is 10.2 Å². The smallest absolute Gasteiger partial charge is 0.0721 e. The van der Waals surface area contributed by atoms with Gasteiger partial charge in [-0.05, 0) is 19.8 Å². The first-order valence-electron chi connectivity index (χ1n) is 3.14. The van der Waals surface area contributed by atoms with Crippen molar-refractivity contribution in [3.05, 3.63) is 35.4 Å². The molecule has 6 heteroatoms. The van der Waals surface area contributed by atoms with Crippen molar-refractivity contribution in [2.75, 3.05) is 0 Å². The molecule has 0 saturated heterocycles. The summed E-state index contributed by atoms with van der Waals surface area (Å²) in [4.78, 5) is 20.6. The van der Waals surface area contributed by atoms with E-state index in [1.807, 2.05) is 0 Å². The van der Waals surface area contributed by atoms with E-state index in [4.69, 9.17) is 0 Å². The number of hydrogen-bond donors (Lipinski definition) is 0. The van der Waals surface area contributed by atoms with E-state index in [0.29, 0.717) is 0 Å². The molecule has 78 valence electrons. The SMILES string of the molecule is O=C([O-])c1ccccc1C(=O)[O-].[PH4+].[PH4+]. The lowest BCUT2D eigenvalue weighted by Gasteiger charge is -2.09. The summed E-state index contributed by atoms with van der Waals surface area (Å²) in [7, 11) is 0. The zero-order valence-corrected chi connectivity index (χ0v) is 11.9. The van der Waals surface area contributed by atoms with Crippen molar-refractivity contribution in [2.45, 2.75) is 0 Å². The van der Waals surface area contributed by atoms with Crippen LogP contribution in [0.3, 0.4) is 0 Å². The maximum Gasteiger partial charge on any atom is 0.0721 e. The van der Waals surface area contributed by atoms with E-state index in [1.54, 1.807) is 0 Å². The molecule has 1 aromatic rings. The third kappa shape index (κ3) is 3.41. The van der Waals surface area contributed by atoms with Gasteiger partial charge < -0.3 is 19.8 Å². The summed E-state index contributed by atoms with van der Waals surface area (Å²) in [6.07, 6.45) is 0. The van der Waals surface area contributed by atoms with Crippen LogP contribution in [0.4, 0.5) is 0 Å². The second kappa shape index (κ2) is 6.47. The molecular formula is C8H12O4P2. The van der Waals surface area contributed by atoms with Crippen LogP contribution in [0.2, 0.25) is 0 Å². The molecule has 0 radical (unpaired) electrons. The van der Waals surface area contributed by atoms with Crippen molar-refractivity contribution < 1.29 is 19.8 Å². The maximum atomic E-state index is 10.3. The highest BCUT2D eigenvalue weighted by Gasteiger charge is 2.01. The van der Waals surface area contributed by atoms with Gasteiger partial charge in [0.25, 0.3) is 0 Å². The number of rotatable bonds is 2. The normalized spacial score (nSPS) is 8.00. The van der Waals surface area contributed by atoms with E-state index < -0.39 is 11.9 Å². The van der Waals surface area contributed by atoms with Crippen LogP contribution in [0.1, 0.15) is 20.7 Å². The van der Waals surface area contributed by atoms with Gasteiger partial charge in [-0.3, -0.25) is 0 Å². The highest BCUT2D eigenvalue weighted by molar-refractivity contribution is 6.92. The molecule has 2 atom stereocenters. The molecule has 2 unspecified atom stereocenters. The highest BCUT2D eigenvalue weighted by Crippen LogP contribution is 2.05. The van der Waals surface area contributed by atoms with Crippen molar-refractivity contribution >= 4 is 31.7 Å². The van der Waals surface area contributed by atoms with E-state index in [0.717, 1.165) is 12.1 Å². The predicted octanol–water partition coefficient (Wildman–Crippen LogP) is -2.01. The highest BCUT2D eigenvalue weighted by atomic mass is 31.0. The van der Waals surface area contributed by atoms with Crippen molar-refractivity contribution in [3.63, 3.8) is 0 Å². The summed E-state index contributed by atoms with van der Waals surface area (Å²) < 4.78 is 0. The quantitative estimate of drug-likeness (QED) is 0.554. The lowest BCUT2D eigenvalue weighted by molar-refractivity contribution is -0.259. The van der Waals surface area contributed by atoms with Crippen LogP contribution in [0.5, 0.6) is 0 Å². The van der Waals surface area contributed by atoms with Crippen LogP contribution in [-0.2, 0) is 0 Å². The molecule has 0 N–H and O–H groups in total. The number of carboxylic acids is 2. The summed E-state index contributed by atoms with van der Waals surface area (Å²) in [6, 6.07) is 5.14. The first-order chi connectivity index (χ1) is 5.63. The zero-order chi connectivity index (χ0) is 9.14. The van der Waals surface area contributed by atoms with Crippen LogP contribution in [-0.4, -0.2) is 11.9 Å². The van der Waals surface area contributed by atoms with Crippen molar-refractivity contribution in [1.29, 1.82) is 0 Å². The minimum Gasteiger partial charge on any atom is -0.545 e. The molecule has 0 saturated carbocycles. The Hall–Kier alpha value is -0.980. The van der Waals surface area contributed by atoms with Gasteiger partial charge in [0.15, 0.2) is 0 Å². The first-order valence-corrected chi connectivity index (χ1v) is 3.14. The largest absolute Gasteiger partial charge is 0.545 e. The van der Waals surface area contributed by atoms with Gasteiger partial charge >= 0.3 is 0 Å². The van der Waals surface area contributed by atoms with Gasteiger partial charge in [0, 0.05) is 11.1 Å². The predicted molar refractivity (Wildman–Crippen MR) is 60.1 cm³/mol. The fraction of sp³-hybridized carbons (Fsp3) is 0. The molecule has 4 nitrogen and oxygen atoms in total. The third-order valence-electron chi connectivity index (χ3n) is 1.37. The first kappa shape index (κ1) is 15.5. The van der Waals surface area contributed by atoms with Crippen LogP contribution in [0.15, 0.2) is 24.3 Å². The molecular weight excluding hydrogens is 222 g/mol. The Balaban J connectivity index is 0. The molecule has 0 aliphatic rings. The molecule has 0 heterocycles. The number of benzene rings is 1. The topological polar surface area (TPSA) is 80.3 Å². The van der Waals surface area contributed by atoms with Crippen molar-refractivity contribution in [3.8, 4) is 0 Å². The van der Waals surface area contributed by atoms with E-state index in [2.05, 4.69) is 0 Å². The van der Waals surface area contributed by atoms with E-state index >= 15 is 0 Å². The summed E-state index contributed by atoms with van der Waals surface area (Å²) in [6.45, 7) is 0. The summed E-state index contributed by atoms with van der Waals surface area (Å²) in [5.74, 6) is -3.04. The molecule has 0 aliphatic heterocycles. The van der Waals surface area contributed by atoms with Gasteiger partial charge in [-0.15, -0.1) is 0 Å². The van der Waals surface area contributed by atoms with Crippen LogP contribution >= 0.6 is 19.8 Å². The minimum absolute atomic E-state index is 0. The third-order valence-corrected chi connectivity index (χ3v) is 1.37. The Morgan fingerprint density at radius 2 is 1.14 bits per heavy atom. The lowest BCUT2D eigenvalue weighted by atomic mass is 10.1.